The van der Waals surface area contributed by atoms with Gasteiger partial charge in [0.1, 0.15) is 5.82 Å². The Labute approximate surface area is 120 Å². The van der Waals surface area contributed by atoms with Crippen molar-refractivity contribution in [3.8, 4) is 11.5 Å². The van der Waals surface area contributed by atoms with Crippen LogP contribution in [0.3, 0.4) is 0 Å². The number of aliphatic carboxylic acids is 1. The number of likely N-dealkylation sites (tertiary alicyclic amines) is 1. The smallest absolute Gasteiger partial charge is 0.307 e. The van der Waals surface area contributed by atoms with Crippen LogP contribution >= 0.6 is 0 Å². The third-order valence-electron chi connectivity index (χ3n) is 3.54. The summed E-state index contributed by atoms with van der Waals surface area (Å²) in [5.74, 6) is -0.658. The predicted molar refractivity (Wildman–Crippen MR) is 70.7 cm³/mol. The topological polar surface area (TPSA) is 79.5 Å². The quantitative estimate of drug-likeness (QED) is 0.925. The third-order valence-corrected chi connectivity index (χ3v) is 3.54. The number of nitrogens with zero attached hydrogens (tertiary/aromatic N) is 3. The van der Waals surface area contributed by atoms with Gasteiger partial charge < -0.3 is 9.52 Å². The van der Waals surface area contributed by atoms with E-state index in [1.54, 1.807) is 12.1 Å². The van der Waals surface area contributed by atoms with Gasteiger partial charge in [0, 0.05) is 12.1 Å². The maximum atomic E-state index is 12.9. The molecule has 2 aromatic rings. The Bertz CT molecular complexity index is 641. The van der Waals surface area contributed by atoms with E-state index in [0.29, 0.717) is 43.4 Å². The normalized spacial score (nSPS) is 19.0. The van der Waals surface area contributed by atoms with Gasteiger partial charge in [-0.2, -0.15) is 0 Å². The number of carboxylic acid groups (broad SMARTS) is 1. The SMILES string of the molecule is O=C(O)C1CCN(Cc2nnc(-c3ccc(F)cc3)o2)C1. The number of rotatable bonds is 4. The fourth-order valence-corrected chi connectivity index (χ4v) is 2.40. The monoisotopic (exact) mass is 291 g/mol. The van der Waals surface area contributed by atoms with E-state index < -0.39 is 5.97 Å². The van der Waals surface area contributed by atoms with Crippen LogP contribution in [-0.4, -0.2) is 39.3 Å². The molecule has 1 N–H and O–H groups in total. The molecular formula is C14H14FN3O3. The lowest BCUT2D eigenvalue weighted by Gasteiger charge is -2.11. The Kier molecular flexibility index (Phi) is 3.66. The van der Waals surface area contributed by atoms with Gasteiger partial charge in [-0.15, -0.1) is 10.2 Å². The van der Waals surface area contributed by atoms with Crippen LogP contribution in [0.4, 0.5) is 4.39 Å². The van der Waals surface area contributed by atoms with Crippen molar-refractivity contribution < 1.29 is 18.7 Å². The van der Waals surface area contributed by atoms with Crippen molar-refractivity contribution >= 4 is 5.97 Å². The minimum atomic E-state index is -0.768. The Morgan fingerprint density at radius 2 is 2.14 bits per heavy atom. The molecule has 1 aromatic carbocycles. The predicted octanol–water partition coefficient (Wildman–Crippen LogP) is 1.78. The van der Waals surface area contributed by atoms with E-state index in [4.69, 9.17) is 9.52 Å². The molecular weight excluding hydrogens is 277 g/mol. The maximum absolute atomic E-state index is 12.9. The van der Waals surface area contributed by atoms with Crippen molar-refractivity contribution in [1.82, 2.24) is 15.1 Å². The van der Waals surface area contributed by atoms with Gasteiger partial charge in [0.25, 0.3) is 0 Å². The highest BCUT2D eigenvalue weighted by molar-refractivity contribution is 5.70. The summed E-state index contributed by atoms with van der Waals surface area (Å²) in [6.45, 7) is 1.62. The maximum Gasteiger partial charge on any atom is 0.307 e. The van der Waals surface area contributed by atoms with Crippen molar-refractivity contribution in [2.24, 2.45) is 5.92 Å². The average molecular weight is 291 g/mol. The molecule has 0 bridgehead atoms. The zero-order valence-electron chi connectivity index (χ0n) is 11.2. The highest BCUT2D eigenvalue weighted by Gasteiger charge is 2.28. The van der Waals surface area contributed by atoms with E-state index in [-0.39, 0.29) is 11.7 Å². The van der Waals surface area contributed by atoms with Crippen molar-refractivity contribution in [3.05, 3.63) is 36.0 Å². The lowest BCUT2D eigenvalue weighted by atomic mass is 10.1. The second-order valence-electron chi connectivity index (χ2n) is 5.07. The van der Waals surface area contributed by atoms with Crippen LogP contribution in [0.25, 0.3) is 11.5 Å². The van der Waals surface area contributed by atoms with Gasteiger partial charge in [-0.1, -0.05) is 0 Å². The number of hydrogen-bond donors (Lipinski definition) is 1. The molecule has 0 radical (unpaired) electrons. The molecule has 0 aliphatic carbocycles. The number of carbonyl (C=O) groups is 1. The highest BCUT2D eigenvalue weighted by Crippen LogP contribution is 2.21. The summed E-state index contributed by atoms with van der Waals surface area (Å²) in [5, 5.41) is 16.8. The summed E-state index contributed by atoms with van der Waals surface area (Å²) < 4.78 is 18.4. The van der Waals surface area contributed by atoms with E-state index in [2.05, 4.69) is 10.2 Å². The molecule has 6 nitrogen and oxygen atoms in total. The Morgan fingerprint density at radius 1 is 1.38 bits per heavy atom. The Balaban J connectivity index is 1.66. The van der Waals surface area contributed by atoms with Crippen molar-refractivity contribution in [2.45, 2.75) is 13.0 Å². The largest absolute Gasteiger partial charge is 0.481 e. The summed E-state index contributed by atoms with van der Waals surface area (Å²) in [5.41, 5.74) is 0.653. The van der Waals surface area contributed by atoms with Crippen LogP contribution in [0.5, 0.6) is 0 Å². The molecule has 1 aromatic heterocycles. The first-order valence-electron chi connectivity index (χ1n) is 6.65. The van der Waals surface area contributed by atoms with Gasteiger partial charge in [0.05, 0.1) is 12.5 Å². The second kappa shape index (κ2) is 5.61. The van der Waals surface area contributed by atoms with Gasteiger partial charge in [0.15, 0.2) is 0 Å². The average Bonchev–Trinajstić information content (AvgIpc) is 3.10. The van der Waals surface area contributed by atoms with E-state index in [9.17, 15) is 9.18 Å². The van der Waals surface area contributed by atoms with Gasteiger partial charge in [-0.3, -0.25) is 9.69 Å². The number of benzene rings is 1. The first kappa shape index (κ1) is 13.7. The van der Waals surface area contributed by atoms with Crippen LogP contribution in [0.2, 0.25) is 0 Å². The van der Waals surface area contributed by atoms with Crippen molar-refractivity contribution in [1.29, 1.82) is 0 Å². The molecule has 1 unspecified atom stereocenters. The van der Waals surface area contributed by atoms with E-state index >= 15 is 0 Å². The van der Waals surface area contributed by atoms with Gasteiger partial charge in [-0.25, -0.2) is 4.39 Å². The molecule has 0 spiro atoms. The van der Waals surface area contributed by atoms with Crippen LogP contribution in [0.15, 0.2) is 28.7 Å². The summed E-state index contributed by atoms with van der Waals surface area (Å²) in [6, 6.07) is 5.81. The highest BCUT2D eigenvalue weighted by atomic mass is 19.1. The number of aromatic nitrogens is 2. The molecule has 1 atom stereocenters. The van der Waals surface area contributed by atoms with E-state index in [1.165, 1.54) is 12.1 Å². The van der Waals surface area contributed by atoms with Crippen LogP contribution < -0.4 is 0 Å². The molecule has 2 heterocycles. The molecule has 1 aliphatic heterocycles. The lowest BCUT2D eigenvalue weighted by molar-refractivity contribution is -0.141. The molecule has 1 aliphatic rings. The minimum Gasteiger partial charge on any atom is -0.481 e. The fourth-order valence-electron chi connectivity index (χ4n) is 2.40. The number of carboxylic acids is 1. The summed E-state index contributed by atoms with van der Waals surface area (Å²) in [6.07, 6.45) is 0.633. The summed E-state index contributed by atoms with van der Waals surface area (Å²) in [4.78, 5) is 12.9. The zero-order valence-corrected chi connectivity index (χ0v) is 11.2. The molecule has 1 saturated heterocycles. The van der Waals surface area contributed by atoms with Crippen LogP contribution in [-0.2, 0) is 11.3 Å². The molecule has 3 rings (SSSR count). The van der Waals surface area contributed by atoms with Crippen molar-refractivity contribution in [2.75, 3.05) is 13.1 Å². The molecule has 0 saturated carbocycles. The fraction of sp³-hybridized carbons (Fsp3) is 0.357. The zero-order chi connectivity index (χ0) is 14.8. The molecule has 0 amide bonds. The Hall–Kier alpha value is -2.28. The van der Waals surface area contributed by atoms with Gasteiger partial charge >= 0.3 is 5.97 Å². The molecule has 1 fully saturated rings. The standard InChI is InChI=1S/C14H14FN3O3/c15-11-3-1-9(2-4-11)13-17-16-12(21-13)8-18-6-5-10(7-18)14(19)20/h1-4,10H,5-8H2,(H,19,20). The van der Waals surface area contributed by atoms with Gasteiger partial charge in [-0.05, 0) is 37.2 Å². The first-order valence-corrected chi connectivity index (χ1v) is 6.65. The van der Waals surface area contributed by atoms with Crippen molar-refractivity contribution in [3.63, 3.8) is 0 Å². The molecule has 110 valence electrons. The minimum absolute atomic E-state index is 0.324. The summed E-state index contributed by atoms with van der Waals surface area (Å²) >= 11 is 0. The third kappa shape index (κ3) is 3.08. The van der Waals surface area contributed by atoms with Crippen LogP contribution in [0, 0.1) is 11.7 Å². The van der Waals surface area contributed by atoms with E-state index in [1.807, 2.05) is 4.90 Å². The number of halogens is 1. The molecule has 21 heavy (non-hydrogen) atoms. The van der Waals surface area contributed by atoms with Gasteiger partial charge in [0.2, 0.25) is 11.8 Å². The second-order valence-corrected chi connectivity index (χ2v) is 5.07. The Morgan fingerprint density at radius 3 is 2.81 bits per heavy atom. The van der Waals surface area contributed by atoms with Crippen LogP contribution in [0.1, 0.15) is 12.3 Å². The lowest BCUT2D eigenvalue weighted by Crippen LogP contribution is -2.22. The number of hydrogen-bond acceptors (Lipinski definition) is 5. The first-order chi connectivity index (χ1) is 10.1. The molecule has 7 heteroatoms. The van der Waals surface area contributed by atoms with E-state index in [0.717, 1.165) is 0 Å². The summed E-state index contributed by atoms with van der Waals surface area (Å²) in [7, 11) is 0.